The van der Waals surface area contributed by atoms with Crippen LogP contribution in [0.2, 0.25) is 0 Å². The molecule has 0 N–H and O–H groups in total. The van der Waals surface area contributed by atoms with Crippen molar-refractivity contribution in [3.8, 4) is 6.07 Å². The second kappa shape index (κ2) is 6.29. The normalized spacial score (nSPS) is 19.5. The zero-order chi connectivity index (χ0) is 16.4. The van der Waals surface area contributed by atoms with Crippen molar-refractivity contribution in [2.24, 2.45) is 5.41 Å². The number of fused-ring (bicyclic) bond motifs is 1. The van der Waals surface area contributed by atoms with Gasteiger partial charge in [0.25, 0.3) is 0 Å². The molecule has 23 heavy (non-hydrogen) atoms. The molecule has 0 radical (unpaired) electrons. The molecule has 0 unspecified atom stereocenters. The van der Waals surface area contributed by atoms with E-state index in [1.807, 2.05) is 17.3 Å². The zero-order valence-corrected chi connectivity index (χ0v) is 14.0. The summed E-state index contributed by atoms with van der Waals surface area (Å²) < 4.78 is 0. The largest absolute Gasteiger partial charge is 0.337 e. The van der Waals surface area contributed by atoms with Gasteiger partial charge >= 0.3 is 0 Å². The van der Waals surface area contributed by atoms with Crippen LogP contribution in [-0.2, 0) is 24.3 Å². The molecule has 5 nitrogen and oxygen atoms in total. The highest BCUT2D eigenvalue weighted by Gasteiger charge is 2.44. The Morgan fingerprint density at radius 3 is 2.78 bits per heavy atom. The van der Waals surface area contributed by atoms with Crippen molar-refractivity contribution in [1.29, 1.82) is 5.26 Å². The molecule has 0 saturated heterocycles. The average Bonchev–Trinajstić information content (AvgIpc) is 3.03. The molecular weight excluding hydrogens is 288 g/mol. The standard InChI is InChI=1S/C18H24N4O/c1-21(2)11-14-9-20-10-15-12-22(8-5-16(14)15)17(23)18(13-19)6-3-4-7-18/h9-10H,3-8,11-12H2,1-2H3. The topological polar surface area (TPSA) is 60.2 Å². The molecular formula is C18H24N4O. The van der Waals surface area contributed by atoms with Crippen molar-refractivity contribution in [2.45, 2.75) is 45.2 Å². The quantitative estimate of drug-likeness (QED) is 0.857. The Morgan fingerprint density at radius 2 is 2.13 bits per heavy atom. The lowest BCUT2D eigenvalue weighted by molar-refractivity contribution is -0.139. The lowest BCUT2D eigenvalue weighted by Crippen LogP contribution is -2.44. The predicted octanol–water partition coefficient (Wildman–Crippen LogP) is 2.11. The fourth-order valence-corrected chi connectivity index (χ4v) is 3.87. The van der Waals surface area contributed by atoms with Crippen LogP contribution in [0.3, 0.4) is 0 Å². The number of pyridine rings is 1. The molecule has 1 saturated carbocycles. The van der Waals surface area contributed by atoms with Gasteiger partial charge in [-0.2, -0.15) is 5.26 Å². The summed E-state index contributed by atoms with van der Waals surface area (Å²) in [6.07, 6.45) is 8.06. The Morgan fingerprint density at radius 1 is 1.39 bits per heavy atom. The summed E-state index contributed by atoms with van der Waals surface area (Å²) in [6, 6.07) is 2.32. The van der Waals surface area contributed by atoms with Crippen LogP contribution in [0, 0.1) is 16.7 Å². The summed E-state index contributed by atoms with van der Waals surface area (Å²) in [4.78, 5) is 21.3. The molecule has 1 aliphatic carbocycles. The van der Waals surface area contributed by atoms with Gasteiger partial charge in [0.1, 0.15) is 5.41 Å². The van der Waals surface area contributed by atoms with Crippen LogP contribution in [0.1, 0.15) is 42.4 Å². The Balaban J connectivity index is 1.81. The average molecular weight is 312 g/mol. The van der Waals surface area contributed by atoms with Crippen molar-refractivity contribution >= 4 is 5.91 Å². The lowest BCUT2D eigenvalue weighted by atomic mass is 9.85. The maximum atomic E-state index is 12.9. The molecule has 1 aromatic heterocycles. The van der Waals surface area contributed by atoms with E-state index in [2.05, 4.69) is 30.0 Å². The highest BCUT2D eigenvalue weighted by Crippen LogP contribution is 2.40. The van der Waals surface area contributed by atoms with Gasteiger partial charge in [-0.3, -0.25) is 9.78 Å². The van der Waals surface area contributed by atoms with E-state index in [-0.39, 0.29) is 5.91 Å². The summed E-state index contributed by atoms with van der Waals surface area (Å²) >= 11 is 0. The zero-order valence-electron chi connectivity index (χ0n) is 14.0. The van der Waals surface area contributed by atoms with Crippen molar-refractivity contribution in [2.75, 3.05) is 20.6 Å². The molecule has 0 spiro atoms. The van der Waals surface area contributed by atoms with Crippen molar-refractivity contribution < 1.29 is 4.79 Å². The SMILES string of the molecule is CN(C)Cc1cncc2c1CCN(C(=O)C1(C#N)CCCC1)C2. The molecule has 0 aromatic carbocycles. The highest BCUT2D eigenvalue weighted by atomic mass is 16.2. The van der Waals surface area contributed by atoms with E-state index >= 15 is 0 Å². The first-order valence-electron chi connectivity index (χ1n) is 8.36. The third-order valence-corrected chi connectivity index (χ3v) is 5.08. The van der Waals surface area contributed by atoms with E-state index in [9.17, 15) is 10.1 Å². The molecule has 1 amide bonds. The predicted molar refractivity (Wildman–Crippen MR) is 87.3 cm³/mol. The monoisotopic (exact) mass is 312 g/mol. The van der Waals surface area contributed by atoms with Gasteiger partial charge in [-0.25, -0.2) is 0 Å². The Labute approximate surface area is 137 Å². The number of hydrogen-bond donors (Lipinski definition) is 0. The summed E-state index contributed by atoms with van der Waals surface area (Å²) in [5.74, 6) is 0.0289. The highest BCUT2D eigenvalue weighted by molar-refractivity contribution is 5.86. The molecule has 1 fully saturated rings. The summed E-state index contributed by atoms with van der Waals surface area (Å²) in [5, 5.41) is 9.54. The molecule has 2 aliphatic rings. The second-order valence-corrected chi connectivity index (χ2v) is 7.05. The van der Waals surface area contributed by atoms with Crippen LogP contribution in [0.15, 0.2) is 12.4 Å². The summed E-state index contributed by atoms with van der Waals surface area (Å²) in [7, 11) is 4.10. The smallest absolute Gasteiger partial charge is 0.243 e. The van der Waals surface area contributed by atoms with E-state index in [1.54, 1.807) is 0 Å². The number of hydrogen-bond acceptors (Lipinski definition) is 4. The lowest BCUT2D eigenvalue weighted by Gasteiger charge is -2.34. The fraction of sp³-hybridized carbons (Fsp3) is 0.611. The van der Waals surface area contributed by atoms with Gasteiger partial charge in [0.05, 0.1) is 6.07 Å². The van der Waals surface area contributed by atoms with E-state index in [0.717, 1.165) is 31.4 Å². The third kappa shape index (κ3) is 2.96. The maximum Gasteiger partial charge on any atom is 0.243 e. The molecule has 1 aromatic rings. The first-order chi connectivity index (χ1) is 11.1. The summed E-state index contributed by atoms with van der Waals surface area (Å²) in [5.41, 5.74) is 2.94. The van der Waals surface area contributed by atoms with Crippen molar-refractivity contribution in [3.05, 3.63) is 29.1 Å². The van der Waals surface area contributed by atoms with Gasteiger partial charge in [0.2, 0.25) is 5.91 Å². The molecule has 5 heteroatoms. The third-order valence-electron chi connectivity index (χ3n) is 5.08. The maximum absolute atomic E-state index is 12.9. The van der Waals surface area contributed by atoms with Gasteiger partial charge in [0, 0.05) is 32.0 Å². The molecule has 0 atom stereocenters. The number of nitrogens with zero attached hydrogens (tertiary/aromatic N) is 4. The summed E-state index contributed by atoms with van der Waals surface area (Å²) in [6.45, 7) is 2.16. The minimum absolute atomic E-state index is 0.0289. The molecule has 3 rings (SSSR count). The minimum Gasteiger partial charge on any atom is -0.337 e. The van der Waals surface area contributed by atoms with Gasteiger partial charge in [-0.1, -0.05) is 12.8 Å². The van der Waals surface area contributed by atoms with Crippen LogP contribution >= 0.6 is 0 Å². The van der Waals surface area contributed by atoms with E-state index in [1.165, 1.54) is 11.1 Å². The van der Waals surface area contributed by atoms with Crippen molar-refractivity contribution in [3.63, 3.8) is 0 Å². The van der Waals surface area contributed by atoms with Crippen LogP contribution < -0.4 is 0 Å². The minimum atomic E-state index is -0.772. The van der Waals surface area contributed by atoms with Crippen LogP contribution in [0.5, 0.6) is 0 Å². The first kappa shape index (κ1) is 15.9. The van der Waals surface area contributed by atoms with E-state index in [4.69, 9.17) is 0 Å². The van der Waals surface area contributed by atoms with Gasteiger partial charge in [-0.05, 0) is 50.0 Å². The van der Waals surface area contributed by atoms with Gasteiger partial charge in [-0.15, -0.1) is 0 Å². The number of carbonyl (C=O) groups is 1. The Hall–Kier alpha value is -1.93. The fourth-order valence-electron chi connectivity index (χ4n) is 3.87. The van der Waals surface area contributed by atoms with Gasteiger partial charge < -0.3 is 9.80 Å². The molecule has 122 valence electrons. The van der Waals surface area contributed by atoms with Crippen molar-refractivity contribution in [1.82, 2.24) is 14.8 Å². The van der Waals surface area contributed by atoms with Gasteiger partial charge in [0.15, 0.2) is 0 Å². The van der Waals surface area contributed by atoms with E-state index < -0.39 is 5.41 Å². The number of aromatic nitrogens is 1. The second-order valence-electron chi connectivity index (χ2n) is 7.05. The number of amides is 1. The number of rotatable bonds is 3. The number of carbonyl (C=O) groups excluding carboxylic acids is 1. The van der Waals surface area contributed by atoms with Crippen LogP contribution in [0.4, 0.5) is 0 Å². The number of nitriles is 1. The van der Waals surface area contributed by atoms with E-state index in [0.29, 0.717) is 25.9 Å². The first-order valence-corrected chi connectivity index (χ1v) is 8.36. The van der Waals surface area contributed by atoms with Crippen LogP contribution in [-0.4, -0.2) is 41.3 Å². The molecule has 1 aliphatic heterocycles. The Kier molecular flexibility index (Phi) is 4.36. The molecule has 0 bridgehead atoms. The Bertz CT molecular complexity index is 641. The van der Waals surface area contributed by atoms with Crippen LogP contribution in [0.25, 0.3) is 0 Å². The molecule has 2 heterocycles.